The van der Waals surface area contributed by atoms with Gasteiger partial charge in [-0.15, -0.1) is 11.3 Å². The quantitative estimate of drug-likeness (QED) is 0.721. The third-order valence-electron chi connectivity index (χ3n) is 4.35. The summed E-state index contributed by atoms with van der Waals surface area (Å²) in [6.07, 6.45) is 0.736. The maximum atomic E-state index is 12.5. The van der Waals surface area contributed by atoms with E-state index in [-0.39, 0.29) is 5.56 Å². The molecule has 0 aliphatic carbocycles. The van der Waals surface area contributed by atoms with Gasteiger partial charge in [-0.05, 0) is 23.6 Å². The normalized spacial score (nSPS) is 14.5. The molecule has 0 bridgehead atoms. The Balaban J connectivity index is 1.61. The van der Waals surface area contributed by atoms with Crippen molar-refractivity contribution >= 4 is 34.5 Å². The van der Waals surface area contributed by atoms with Crippen LogP contribution in [0.3, 0.4) is 0 Å². The lowest BCUT2D eigenvalue weighted by Crippen LogP contribution is -2.35. The fraction of sp³-hybridized carbons (Fsp3) is 0.222. The summed E-state index contributed by atoms with van der Waals surface area (Å²) in [7, 11) is 0. The summed E-state index contributed by atoms with van der Waals surface area (Å²) >= 11 is 14.1. The number of hydrogen-bond donors (Lipinski definition) is 1. The van der Waals surface area contributed by atoms with Gasteiger partial charge in [-0.3, -0.25) is 9.69 Å². The zero-order valence-corrected chi connectivity index (χ0v) is 15.6. The van der Waals surface area contributed by atoms with Crippen LogP contribution >= 0.6 is 34.5 Å². The SMILES string of the molecule is O=c1[nH]c(-c2cccs2)nc2c1CN(Cc1c(Cl)cccc1Cl)CC2. The van der Waals surface area contributed by atoms with E-state index in [2.05, 4.69) is 14.9 Å². The van der Waals surface area contributed by atoms with Crippen molar-refractivity contribution in [3.63, 3.8) is 0 Å². The van der Waals surface area contributed by atoms with Crippen molar-refractivity contribution in [2.45, 2.75) is 19.5 Å². The second kappa shape index (κ2) is 6.92. The molecule has 0 unspecified atom stereocenters. The Morgan fingerprint density at radius 1 is 1.20 bits per heavy atom. The molecule has 0 spiro atoms. The molecule has 1 N–H and O–H groups in total. The van der Waals surface area contributed by atoms with Crippen LogP contribution in [0.1, 0.15) is 16.8 Å². The minimum absolute atomic E-state index is 0.0663. The van der Waals surface area contributed by atoms with Crippen LogP contribution in [0.4, 0.5) is 0 Å². The predicted molar refractivity (Wildman–Crippen MR) is 102 cm³/mol. The smallest absolute Gasteiger partial charge is 0.255 e. The van der Waals surface area contributed by atoms with Crippen molar-refractivity contribution in [2.24, 2.45) is 0 Å². The number of aromatic nitrogens is 2. The Hall–Kier alpha value is -1.66. The number of nitrogens with zero attached hydrogens (tertiary/aromatic N) is 2. The number of aromatic amines is 1. The third kappa shape index (κ3) is 3.37. The Morgan fingerprint density at radius 2 is 2.00 bits per heavy atom. The second-order valence-electron chi connectivity index (χ2n) is 5.98. The largest absolute Gasteiger partial charge is 0.306 e. The monoisotopic (exact) mass is 391 g/mol. The highest BCUT2D eigenvalue weighted by Gasteiger charge is 2.23. The van der Waals surface area contributed by atoms with Crippen LogP contribution in [0, 0.1) is 0 Å². The van der Waals surface area contributed by atoms with Gasteiger partial charge in [0.2, 0.25) is 0 Å². The summed E-state index contributed by atoms with van der Waals surface area (Å²) in [6.45, 7) is 1.98. The first-order valence-corrected chi connectivity index (χ1v) is 9.56. The number of nitrogens with one attached hydrogen (secondary N) is 1. The van der Waals surface area contributed by atoms with Crippen LogP contribution in [-0.2, 0) is 19.5 Å². The molecule has 7 heteroatoms. The van der Waals surface area contributed by atoms with E-state index in [0.717, 1.165) is 34.7 Å². The topological polar surface area (TPSA) is 49.0 Å². The molecule has 0 radical (unpaired) electrons. The number of thiophene rings is 1. The number of benzene rings is 1. The summed E-state index contributed by atoms with van der Waals surface area (Å²) in [6, 6.07) is 9.42. The summed E-state index contributed by atoms with van der Waals surface area (Å²) in [5.74, 6) is 0.654. The molecule has 2 aromatic heterocycles. The van der Waals surface area contributed by atoms with Gasteiger partial charge in [-0.25, -0.2) is 4.98 Å². The summed E-state index contributed by atoms with van der Waals surface area (Å²) < 4.78 is 0. The third-order valence-corrected chi connectivity index (χ3v) is 5.93. The van der Waals surface area contributed by atoms with Crippen LogP contribution in [-0.4, -0.2) is 21.4 Å². The number of rotatable bonds is 3. The lowest BCUT2D eigenvalue weighted by molar-refractivity contribution is 0.242. The summed E-state index contributed by atoms with van der Waals surface area (Å²) in [4.78, 5) is 23.3. The van der Waals surface area contributed by atoms with Gasteiger partial charge in [0.25, 0.3) is 5.56 Å². The average molecular weight is 392 g/mol. The van der Waals surface area contributed by atoms with Crippen molar-refractivity contribution in [1.29, 1.82) is 0 Å². The van der Waals surface area contributed by atoms with Gasteiger partial charge in [0.05, 0.1) is 16.1 Å². The van der Waals surface area contributed by atoms with E-state index in [1.165, 1.54) is 0 Å². The second-order valence-corrected chi connectivity index (χ2v) is 7.74. The fourth-order valence-corrected chi connectivity index (χ4v) is 4.24. The van der Waals surface area contributed by atoms with Gasteiger partial charge in [0.15, 0.2) is 5.82 Å². The maximum absolute atomic E-state index is 12.5. The molecule has 25 heavy (non-hydrogen) atoms. The van der Waals surface area contributed by atoms with Crippen LogP contribution in [0.15, 0.2) is 40.5 Å². The lowest BCUT2D eigenvalue weighted by Gasteiger charge is -2.28. The van der Waals surface area contributed by atoms with E-state index in [4.69, 9.17) is 23.2 Å². The van der Waals surface area contributed by atoms with Gasteiger partial charge in [-0.2, -0.15) is 0 Å². The van der Waals surface area contributed by atoms with Crippen molar-refractivity contribution in [3.05, 3.63) is 72.9 Å². The zero-order chi connectivity index (χ0) is 17.4. The first kappa shape index (κ1) is 16.8. The highest BCUT2D eigenvalue weighted by molar-refractivity contribution is 7.13. The molecule has 1 aromatic carbocycles. The molecule has 1 aliphatic rings. The highest BCUT2D eigenvalue weighted by Crippen LogP contribution is 2.28. The van der Waals surface area contributed by atoms with Crippen molar-refractivity contribution < 1.29 is 0 Å². The number of H-pyrrole nitrogens is 1. The molecule has 0 saturated carbocycles. The maximum Gasteiger partial charge on any atom is 0.255 e. The van der Waals surface area contributed by atoms with Crippen LogP contribution in [0.2, 0.25) is 10.0 Å². The summed E-state index contributed by atoms with van der Waals surface area (Å²) in [5.41, 5.74) is 2.45. The Labute approximate surface area is 159 Å². The number of hydrogen-bond acceptors (Lipinski definition) is 4. The molecule has 4 nitrogen and oxygen atoms in total. The Bertz CT molecular complexity index is 949. The van der Waals surface area contributed by atoms with Gasteiger partial charge in [0, 0.05) is 41.7 Å². The molecule has 1 aliphatic heterocycles. The highest BCUT2D eigenvalue weighted by atomic mass is 35.5. The van der Waals surface area contributed by atoms with Crippen molar-refractivity contribution in [3.8, 4) is 10.7 Å². The molecule has 0 saturated heterocycles. The number of halogens is 2. The molecule has 0 amide bonds. The Kier molecular flexibility index (Phi) is 4.65. The van der Waals surface area contributed by atoms with E-state index in [9.17, 15) is 4.79 Å². The molecule has 3 heterocycles. The first-order chi connectivity index (χ1) is 12.1. The van der Waals surface area contributed by atoms with Gasteiger partial charge >= 0.3 is 0 Å². The predicted octanol–water partition coefficient (Wildman–Crippen LogP) is 4.36. The van der Waals surface area contributed by atoms with Gasteiger partial charge < -0.3 is 4.98 Å². The molecular formula is C18H15Cl2N3OS. The van der Waals surface area contributed by atoms with Crippen LogP contribution in [0.25, 0.3) is 10.7 Å². The molecule has 3 aromatic rings. The molecule has 4 rings (SSSR count). The minimum Gasteiger partial charge on any atom is -0.306 e. The van der Waals surface area contributed by atoms with Gasteiger partial charge in [-0.1, -0.05) is 35.3 Å². The Morgan fingerprint density at radius 3 is 2.72 bits per heavy atom. The lowest BCUT2D eigenvalue weighted by atomic mass is 10.1. The average Bonchev–Trinajstić information content (AvgIpc) is 3.13. The van der Waals surface area contributed by atoms with Crippen molar-refractivity contribution in [1.82, 2.24) is 14.9 Å². The molecule has 128 valence electrons. The summed E-state index contributed by atoms with van der Waals surface area (Å²) in [5, 5.41) is 3.28. The van der Waals surface area contributed by atoms with E-state index in [1.54, 1.807) is 11.3 Å². The van der Waals surface area contributed by atoms with E-state index >= 15 is 0 Å². The first-order valence-electron chi connectivity index (χ1n) is 7.93. The molecule has 0 fully saturated rings. The number of fused-ring (bicyclic) bond motifs is 1. The zero-order valence-electron chi connectivity index (χ0n) is 13.3. The van der Waals surface area contributed by atoms with E-state index in [0.29, 0.717) is 29.0 Å². The standard InChI is InChI=1S/C18H15Cl2N3OS/c19-13-3-1-4-14(20)11(13)9-23-7-6-15-12(10-23)18(24)22-17(21-15)16-5-2-8-25-16/h1-5,8H,6-7,9-10H2,(H,21,22,24). The molecular weight excluding hydrogens is 377 g/mol. The molecule has 0 atom stereocenters. The van der Waals surface area contributed by atoms with Crippen LogP contribution in [0.5, 0.6) is 0 Å². The van der Waals surface area contributed by atoms with E-state index < -0.39 is 0 Å². The van der Waals surface area contributed by atoms with Gasteiger partial charge in [0.1, 0.15) is 0 Å². The fourth-order valence-electron chi connectivity index (χ4n) is 3.05. The van der Waals surface area contributed by atoms with Crippen molar-refractivity contribution in [2.75, 3.05) is 6.54 Å². The van der Waals surface area contributed by atoms with Crippen LogP contribution < -0.4 is 5.56 Å². The van der Waals surface area contributed by atoms with E-state index in [1.807, 2.05) is 35.7 Å². The minimum atomic E-state index is -0.0663.